The largest absolute Gasteiger partial charge is 0.325 e. The maximum absolute atomic E-state index is 12.4. The van der Waals surface area contributed by atoms with Crippen LogP contribution in [0.15, 0.2) is 42.5 Å². The van der Waals surface area contributed by atoms with Gasteiger partial charge in [-0.3, -0.25) is 14.4 Å². The van der Waals surface area contributed by atoms with Crippen LogP contribution in [0.3, 0.4) is 0 Å². The van der Waals surface area contributed by atoms with Gasteiger partial charge in [0.1, 0.15) is 0 Å². The maximum Gasteiger partial charge on any atom is 0.255 e. The number of benzene rings is 2. The molecule has 5 nitrogen and oxygen atoms in total. The van der Waals surface area contributed by atoms with Crippen LogP contribution in [-0.2, 0) is 10.2 Å². The van der Waals surface area contributed by atoms with E-state index in [4.69, 9.17) is 0 Å². The smallest absolute Gasteiger partial charge is 0.255 e. The number of ketones is 1. The van der Waals surface area contributed by atoms with Crippen molar-refractivity contribution in [2.45, 2.75) is 26.2 Å². The fourth-order valence-corrected chi connectivity index (χ4v) is 2.75. The molecule has 0 saturated carbocycles. The molecule has 3 rings (SSSR count). The van der Waals surface area contributed by atoms with E-state index in [9.17, 15) is 14.4 Å². The summed E-state index contributed by atoms with van der Waals surface area (Å²) in [4.78, 5) is 35.8. The van der Waals surface area contributed by atoms with Crippen LogP contribution < -0.4 is 10.6 Å². The maximum atomic E-state index is 12.4. The minimum atomic E-state index is -0.597. The van der Waals surface area contributed by atoms with Crippen LogP contribution in [0.1, 0.15) is 47.1 Å². The molecule has 2 aromatic rings. The Kier molecular flexibility index (Phi) is 3.72. The van der Waals surface area contributed by atoms with Crippen LogP contribution in [0.4, 0.5) is 11.4 Å². The lowest BCUT2D eigenvalue weighted by Crippen LogP contribution is -2.26. The van der Waals surface area contributed by atoms with Crippen molar-refractivity contribution < 1.29 is 14.4 Å². The minimum absolute atomic E-state index is 0.0615. The standard InChI is InChI=1S/C19H18N2O3/c1-11(22)12-5-4-6-14(9-12)20-17(23)13-7-8-15-16(10-13)21-18(24)19(15,2)3/h4-10H,1-3H3,(H,20,23)(H,21,24). The van der Waals surface area contributed by atoms with Crippen molar-refractivity contribution in [1.29, 1.82) is 0 Å². The number of rotatable bonds is 3. The van der Waals surface area contributed by atoms with Gasteiger partial charge >= 0.3 is 0 Å². The molecular weight excluding hydrogens is 304 g/mol. The molecule has 0 spiro atoms. The van der Waals surface area contributed by atoms with Crippen LogP contribution in [0.5, 0.6) is 0 Å². The highest BCUT2D eigenvalue weighted by Crippen LogP contribution is 2.37. The van der Waals surface area contributed by atoms with E-state index in [0.29, 0.717) is 22.5 Å². The van der Waals surface area contributed by atoms with E-state index in [1.807, 2.05) is 13.8 Å². The molecule has 0 radical (unpaired) electrons. The first kappa shape index (κ1) is 15.9. The summed E-state index contributed by atoms with van der Waals surface area (Å²) in [5.41, 5.74) is 2.48. The zero-order chi connectivity index (χ0) is 17.5. The Hall–Kier alpha value is -2.95. The fourth-order valence-electron chi connectivity index (χ4n) is 2.75. The van der Waals surface area contributed by atoms with Crippen molar-refractivity contribution in [2.75, 3.05) is 10.6 Å². The van der Waals surface area contributed by atoms with Gasteiger partial charge in [-0.1, -0.05) is 18.2 Å². The lowest BCUT2D eigenvalue weighted by molar-refractivity contribution is -0.119. The van der Waals surface area contributed by atoms with Crippen LogP contribution in [0, 0.1) is 0 Å². The molecule has 24 heavy (non-hydrogen) atoms. The third-order valence-electron chi connectivity index (χ3n) is 4.30. The molecule has 0 saturated heterocycles. The fraction of sp³-hybridized carbons (Fsp3) is 0.211. The number of fused-ring (bicyclic) bond motifs is 1. The molecule has 0 fully saturated rings. The van der Waals surface area contributed by atoms with Gasteiger partial charge in [-0.25, -0.2) is 0 Å². The summed E-state index contributed by atoms with van der Waals surface area (Å²) in [6.07, 6.45) is 0. The van der Waals surface area contributed by atoms with Crippen molar-refractivity contribution in [3.63, 3.8) is 0 Å². The SMILES string of the molecule is CC(=O)c1cccc(NC(=O)c2ccc3c(c2)NC(=O)C3(C)C)c1. The predicted molar refractivity (Wildman–Crippen MR) is 92.5 cm³/mol. The monoisotopic (exact) mass is 322 g/mol. The molecule has 5 heteroatoms. The summed E-state index contributed by atoms with van der Waals surface area (Å²) in [7, 11) is 0. The van der Waals surface area contributed by atoms with E-state index in [2.05, 4.69) is 10.6 Å². The van der Waals surface area contributed by atoms with Gasteiger partial charge in [0.25, 0.3) is 5.91 Å². The van der Waals surface area contributed by atoms with Crippen molar-refractivity contribution in [2.24, 2.45) is 0 Å². The zero-order valence-corrected chi connectivity index (χ0v) is 13.8. The highest BCUT2D eigenvalue weighted by molar-refractivity contribution is 6.09. The Labute approximate surface area is 140 Å². The molecule has 122 valence electrons. The zero-order valence-electron chi connectivity index (χ0n) is 13.8. The quantitative estimate of drug-likeness (QED) is 0.851. The molecule has 2 aromatic carbocycles. The topological polar surface area (TPSA) is 75.3 Å². The Morgan fingerprint density at radius 2 is 1.79 bits per heavy atom. The van der Waals surface area contributed by atoms with Crippen molar-refractivity contribution in [3.05, 3.63) is 59.2 Å². The molecule has 0 aromatic heterocycles. The Bertz CT molecular complexity index is 869. The first-order valence-corrected chi connectivity index (χ1v) is 7.67. The van der Waals surface area contributed by atoms with Gasteiger partial charge in [-0.15, -0.1) is 0 Å². The lowest BCUT2D eigenvalue weighted by atomic mass is 9.86. The van der Waals surface area contributed by atoms with Gasteiger partial charge in [-0.2, -0.15) is 0 Å². The van der Waals surface area contributed by atoms with E-state index >= 15 is 0 Å². The second-order valence-corrected chi connectivity index (χ2v) is 6.43. The highest BCUT2D eigenvalue weighted by atomic mass is 16.2. The second-order valence-electron chi connectivity index (χ2n) is 6.43. The molecule has 1 aliphatic heterocycles. The molecule has 2 N–H and O–H groups in total. The molecule has 1 heterocycles. The summed E-state index contributed by atoms with van der Waals surface area (Å²) in [5, 5.41) is 5.58. The van der Waals surface area contributed by atoms with E-state index in [1.54, 1.807) is 42.5 Å². The van der Waals surface area contributed by atoms with Gasteiger partial charge in [0.15, 0.2) is 5.78 Å². The van der Waals surface area contributed by atoms with Crippen LogP contribution >= 0.6 is 0 Å². The summed E-state index contributed by atoms with van der Waals surface area (Å²) in [6.45, 7) is 5.17. The molecular formula is C19H18N2O3. The number of hydrogen-bond donors (Lipinski definition) is 2. The van der Waals surface area contributed by atoms with Crippen LogP contribution in [-0.4, -0.2) is 17.6 Å². The summed E-state index contributed by atoms with van der Waals surface area (Å²) < 4.78 is 0. The molecule has 2 amide bonds. The molecule has 0 aliphatic carbocycles. The van der Waals surface area contributed by atoms with Gasteiger partial charge in [-0.05, 0) is 50.6 Å². The van der Waals surface area contributed by atoms with Gasteiger partial charge in [0, 0.05) is 22.5 Å². The lowest BCUT2D eigenvalue weighted by Gasteiger charge is -2.15. The first-order chi connectivity index (χ1) is 11.3. The van der Waals surface area contributed by atoms with Crippen molar-refractivity contribution in [3.8, 4) is 0 Å². The number of Topliss-reactive ketones (excluding diaryl/α,β-unsaturated/α-hetero) is 1. The Morgan fingerprint density at radius 3 is 2.50 bits per heavy atom. The van der Waals surface area contributed by atoms with E-state index in [0.717, 1.165) is 5.56 Å². The number of amides is 2. The molecule has 0 atom stereocenters. The van der Waals surface area contributed by atoms with Crippen LogP contribution in [0.25, 0.3) is 0 Å². The van der Waals surface area contributed by atoms with Gasteiger partial charge < -0.3 is 10.6 Å². The molecule has 0 unspecified atom stereocenters. The van der Waals surface area contributed by atoms with E-state index in [1.165, 1.54) is 6.92 Å². The number of hydrogen-bond acceptors (Lipinski definition) is 3. The number of carbonyl (C=O) groups is 3. The Morgan fingerprint density at radius 1 is 1.04 bits per heavy atom. The van der Waals surface area contributed by atoms with Crippen molar-refractivity contribution in [1.82, 2.24) is 0 Å². The predicted octanol–water partition coefficient (Wildman–Crippen LogP) is 3.37. The third-order valence-corrected chi connectivity index (χ3v) is 4.30. The average Bonchev–Trinajstić information content (AvgIpc) is 2.76. The van der Waals surface area contributed by atoms with Gasteiger partial charge in [0.2, 0.25) is 5.91 Å². The normalized spacial score (nSPS) is 14.7. The third kappa shape index (κ3) is 2.69. The molecule has 0 bridgehead atoms. The second kappa shape index (κ2) is 5.60. The van der Waals surface area contributed by atoms with E-state index in [-0.39, 0.29) is 17.6 Å². The molecule has 1 aliphatic rings. The summed E-state index contributed by atoms with van der Waals surface area (Å²) in [5.74, 6) is -0.435. The number of carbonyl (C=O) groups excluding carboxylic acids is 3. The highest BCUT2D eigenvalue weighted by Gasteiger charge is 2.38. The Balaban J connectivity index is 1.85. The number of anilines is 2. The summed E-state index contributed by atoms with van der Waals surface area (Å²) in [6, 6.07) is 12.0. The van der Waals surface area contributed by atoms with Gasteiger partial charge in [0.05, 0.1) is 5.41 Å². The van der Waals surface area contributed by atoms with Crippen LogP contribution in [0.2, 0.25) is 0 Å². The van der Waals surface area contributed by atoms with Crippen molar-refractivity contribution >= 4 is 29.0 Å². The van der Waals surface area contributed by atoms with E-state index < -0.39 is 5.41 Å². The summed E-state index contributed by atoms with van der Waals surface area (Å²) >= 11 is 0. The minimum Gasteiger partial charge on any atom is -0.325 e. The number of nitrogens with one attached hydrogen (secondary N) is 2. The first-order valence-electron chi connectivity index (χ1n) is 7.67. The average molecular weight is 322 g/mol.